The standard InChI is InChI=1S/C24H27N5O/c30-24(25-18-19-9-4-3-5-10-19)26-21-12-8-11-20(17-21)22-13-14-23(28-27-22)29-15-6-1-2-7-16-29/h3-5,8-14,17H,1-2,6-7,15-16,18H2,(H2,25,26,30). The van der Waals surface area contributed by atoms with E-state index in [0.29, 0.717) is 6.54 Å². The van der Waals surface area contributed by atoms with Gasteiger partial charge < -0.3 is 15.5 Å². The van der Waals surface area contributed by atoms with Gasteiger partial charge in [0.2, 0.25) is 0 Å². The zero-order valence-electron chi connectivity index (χ0n) is 17.1. The van der Waals surface area contributed by atoms with Gasteiger partial charge in [0.1, 0.15) is 0 Å². The van der Waals surface area contributed by atoms with Gasteiger partial charge in [-0.25, -0.2) is 4.79 Å². The molecular weight excluding hydrogens is 374 g/mol. The first-order valence-corrected chi connectivity index (χ1v) is 10.6. The van der Waals surface area contributed by atoms with Gasteiger partial charge in [0.15, 0.2) is 5.82 Å². The van der Waals surface area contributed by atoms with E-state index < -0.39 is 0 Å². The average molecular weight is 402 g/mol. The van der Waals surface area contributed by atoms with E-state index in [1.807, 2.05) is 66.7 Å². The van der Waals surface area contributed by atoms with E-state index in [-0.39, 0.29) is 6.03 Å². The lowest BCUT2D eigenvalue weighted by Crippen LogP contribution is -2.28. The highest BCUT2D eigenvalue weighted by Gasteiger charge is 2.12. The maximum atomic E-state index is 12.2. The van der Waals surface area contributed by atoms with Gasteiger partial charge in [-0.15, -0.1) is 10.2 Å². The summed E-state index contributed by atoms with van der Waals surface area (Å²) in [6, 6.07) is 21.3. The lowest BCUT2D eigenvalue weighted by atomic mass is 10.1. The molecule has 1 aromatic heterocycles. The Balaban J connectivity index is 1.38. The zero-order valence-corrected chi connectivity index (χ0v) is 17.1. The number of rotatable bonds is 5. The molecule has 4 rings (SSSR count). The van der Waals surface area contributed by atoms with Crippen molar-refractivity contribution in [3.05, 3.63) is 72.3 Å². The van der Waals surface area contributed by atoms with Crippen LogP contribution in [-0.2, 0) is 6.54 Å². The van der Waals surface area contributed by atoms with Gasteiger partial charge in [-0.05, 0) is 42.7 Å². The fourth-order valence-corrected chi connectivity index (χ4v) is 3.66. The predicted octanol–water partition coefficient (Wildman–Crippen LogP) is 4.85. The maximum Gasteiger partial charge on any atom is 0.319 e. The van der Waals surface area contributed by atoms with E-state index in [1.165, 1.54) is 25.7 Å². The van der Waals surface area contributed by atoms with E-state index in [4.69, 9.17) is 0 Å². The molecular formula is C24H27N5O. The quantitative estimate of drug-likeness (QED) is 0.641. The van der Waals surface area contributed by atoms with Crippen LogP contribution in [0.15, 0.2) is 66.7 Å². The molecule has 1 aliphatic rings. The Morgan fingerprint density at radius 2 is 1.67 bits per heavy atom. The molecule has 6 heteroatoms. The molecule has 0 atom stereocenters. The first kappa shape index (κ1) is 19.9. The molecule has 0 saturated carbocycles. The minimum absolute atomic E-state index is 0.237. The van der Waals surface area contributed by atoms with Crippen LogP contribution in [0.2, 0.25) is 0 Å². The Labute approximate surface area is 177 Å². The SMILES string of the molecule is O=C(NCc1ccccc1)Nc1cccc(-c2ccc(N3CCCCCC3)nn2)c1. The number of benzene rings is 2. The fourth-order valence-electron chi connectivity index (χ4n) is 3.66. The zero-order chi connectivity index (χ0) is 20.6. The molecule has 6 nitrogen and oxygen atoms in total. The molecule has 1 saturated heterocycles. The van der Waals surface area contributed by atoms with Crippen LogP contribution in [-0.4, -0.2) is 29.3 Å². The molecule has 0 radical (unpaired) electrons. The van der Waals surface area contributed by atoms with Gasteiger partial charge in [-0.3, -0.25) is 0 Å². The molecule has 1 fully saturated rings. The van der Waals surface area contributed by atoms with Crippen LogP contribution in [0.3, 0.4) is 0 Å². The van der Waals surface area contributed by atoms with Crippen molar-refractivity contribution in [3.63, 3.8) is 0 Å². The molecule has 1 aliphatic heterocycles. The van der Waals surface area contributed by atoms with Crippen molar-refractivity contribution in [2.75, 3.05) is 23.3 Å². The maximum absolute atomic E-state index is 12.2. The Morgan fingerprint density at radius 1 is 0.867 bits per heavy atom. The highest BCUT2D eigenvalue weighted by molar-refractivity contribution is 5.90. The number of anilines is 2. The summed E-state index contributed by atoms with van der Waals surface area (Å²) in [4.78, 5) is 14.5. The first-order valence-electron chi connectivity index (χ1n) is 10.6. The lowest BCUT2D eigenvalue weighted by Gasteiger charge is -2.20. The van der Waals surface area contributed by atoms with Crippen LogP contribution in [0.1, 0.15) is 31.2 Å². The first-order chi connectivity index (χ1) is 14.8. The Bertz CT molecular complexity index is 951. The molecule has 0 aliphatic carbocycles. The van der Waals surface area contributed by atoms with Crippen molar-refractivity contribution in [1.82, 2.24) is 15.5 Å². The van der Waals surface area contributed by atoms with E-state index >= 15 is 0 Å². The number of hydrogen-bond acceptors (Lipinski definition) is 4. The van der Waals surface area contributed by atoms with Crippen LogP contribution in [0, 0.1) is 0 Å². The molecule has 2 N–H and O–H groups in total. The van der Waals surface area contributed by atoms with Crippen molar-refractivity contribution in [1.29, 1.82) is 0 Å². The van der Waals surface area contributed by atoms with Crippen LogP contribution >= 0.6 is 0 Å². The van der Waals surface area contributed by atoms with Gasteiger partial charge in [0.05, 0.1) is 5.69 Å². The van der Waals surface area contributed by atoms with Gasteiger partial charge in [-0.2, -0.15) is 0 Å². The highest BCUT2D eigenvalue weighted by Crippen LogP contribution is 2.23. The van der Waals surface area contributed by atoms with Crippen molar-refractivity contribution in [3.8, 4) is 11.3 Å². The number of carbonyl (C=O) groups excluding carboxylic acids is 1. The van der Waals surface area contributed by atoms with Gasteiger partial charge in [0, 0.05) is 30.9 Å². The van der Waals surface area contributed by atoms with Crippen LogP contribution in [0.5, 0.6) is 0 Å². The summed E-state index contributed by atoms with van der Waals surface area (Å²) < 4.78 is 0. The second kappa shape index (κ2) is 9.87. The molecule has 0 bridgehead atoms. The molecule has 30 heavy (non-hydrogen) atoms. The molecule has 2 amide bonds. The third-order valence-corrected chi connectivity index (χ3v) is 5.29. The topological polar surface area (TPSA) is 70.2 Å². The van der Waals surface area contributed by atoms with E-state index in [9.17, 15) is 4.79 Å². The molecule has 2 heterocycles. The van der Waals surface area contributed by atoms with E-state index in [0.717, 1.165) is 41.4 Å². The second-order valence-electron chi connectivity index (χ2n) is 7.55. The minimum atomic E-state index is -0.237. The molecule has 0 spiro atoms. The molecule has 2 aromatic carbocycles. The Hall–Kier alpha value is -3.41. The Kier molecular flexibility index (Phi) is 6.54. The monoisotopic (exact) mass is 401 g/mol. The summed E-state index contributed by atoms with van der Waals surface area (Å²) in [6.45, 7) is 2.58. The van der Waals surface area contributed by atoms with Gasteiger partial charge in [-0.1, -0.05) is 55.3 Å². The summed E-state index contributed by atoms with van der Waals surface area (Å²) in [5.41, 5.74) is 3.49. The van der Waals surface area contributed by atoms with Gasteiger partial charge in [0.25, 0.3) is 0 Å². The van der Waals surface area contributed by atoms with Crippen molar-refractivity contribution in [2.45, 2.75) is 32.2 Å². The summed E-state index contributed by atoms with van der Waals surface area (Å²) in [5.74, 6) is 0.940. The second-order valence-corrected chi connectivity index (χ2v) is 7.55. The van der Waals surface area contributed by atoms with Crippen LogP contribution in [0.4, 0.5) is 16.3 Å². The average Bonchev–Trinajstić information content (AvgIpc) is 3.08. The number of amides is 2. The third kappa shape index (κ3) is 5.35. The normalized spacial score (nSPS) is 14.1. The van der Waals surface area contributed by atoms with E-state index in [2.05, 4.69) is 25.7 Å². The number of aromatic nitrogens is 2. The van der Waals surface area contributed by atoms with Crippen molar-refractivity contribution in [2.24, 2.45) is 0 Å². The van der Waals surface area contributed by atoms with Crippen molar-refractivity contribution < 1.29 is 4.79 Å². The molecule has 3 aromatic rings. The lowest BCUT2D eigenvalue weighted by molar-refractivity contribution is 0.251. The summed E-state index contributed by atoms with van der Waals surface area (Å²) in [7, 11) is 0. The largest absolute Gasteiger partial charge is 0.355 e. The number of nitrogens with one attached hydrogen (secondary N) is 2. The smallest absolute Gasteiger partial charge is 0.319 e. The Morgan fingerprint density at radius 3 is 2.40 bits per heavy atom. The van der Waals surface area contributed by atoms with Crippen molar-refractivity contribution >= 4 is 17.5 Å². The summed E-state index contributed by atoms with van der Waals surface area (Å²) in [6.07, 6.45) is 5.01. The molecule has 0 unspecified atom stereocenters. The van der Waals surface area contributed by atoms with Crippen LogP contribution in [0.25, 0.3) is 11.3 Å². The van der Waals surface area contributed by atoms with E-state index in [1.54, 1.807) is 0 Å². The molecule has 154 valence electrons. The highest BCUT2D eigenvalue weighted by atomic mass is 16.2. The summed E-state index contributed by atoms with van der Waals surface area (Å²) in [5, 5.41) is 14.6. The fraction of sp³-hybridized carbons (Fsp3) is 0.292. The van der Waals surface area contributed by atoms with Gasteiger partial charge >= 0.3 is 6.03 Å². The minimum Gasteiger partial charge on any atom is -0.355 e. The third-order valence-electron chi connectivity index (χ3n) is 5.29. The van der Waals surface area contributed by atoms with Crippen LogP contribution < -0.4 is 15.5 Å². The number of nitrogens with zero attached hydrogens (tertiary/aromatic N) is 3. The number of urea groups is 1. The predicted molar refractivity (Wildman–Crippen MR) is 120 cm³/mol. The number of hydrogen-bond donors (Lipinski definition) is 2. The summed E-state index contributed by atoms with van der Waals surface area (Å²) >= 11 is 0. The number of carbonyl (C=O) groups is 1.